The molecule has 0 bridgehead atoms. The summed E-state index contributed by atoms with van der Waals surface area (Å²) in [4.78, 5) is 15.1. The number of aliphatic carboxylic acids is 1. The normalized spacial score (nSPS) is 10.7. The fraction of sp³-hybridized carbons (Fsp3) is 0.0556. The van der Waals surface area contributed by atoms with E-state index < -0.39 is 5.97 Å². The van der Waals surface area contributed by atoms with Crippen LogP contribution >= 0.6 is 23.1 Å². The van der Waals surface area contributed by atoms with Gasteiger partial charge in [-0.25, -0.2) is 4.98 Å². The van der Waals surface area contributed by atoms with Crippen LogP contribution in [0.3, 0.4) is 0 Å². The van der Waals surface area contributed by atoms with Crippen molar-refractivity contribution in [3.05, 3.63) is 65.7 Å². The molecule has 8 nitrogen and oxygen atoms in total. The summed E-state index contributed by atoms with van der Waals surface area (Å²) in [6.45, 7) is 0. The third-order valence-electron chi connectivity index (χ3n) is 3.54. The Labute approximate surface area is 167 Å². The van der Waals surface area contributed by atoms with Crippen LogP contribution in [0.25, 0.3) is 5.69 Å². The first-order valence-electron chi connectivity index (χ1n) is 8.13. The van der Waals surface area contributed by atoms with Crippen LogP contribution in [0.2, 0.25) is 0 Å². The zero-order chi connectivity index (χ0) is 19.3. The number of para-hydroxylation sites is 1. The Hall–Kier alpha value is -3.24. The molecule has 0 saturated heterocycles. The van der Waals surface area contributed by atoms with E-state index in [0.29, 0.717) is 20.9 Å². The number of carboxylic acid groups (broad SMARTS) is 1. The van der Waals surface area contributed by atoms with Crippen LogP contribution in [0.15, 0.2) is 69.5 Å². The Kier molecular flexibility index (Phi) is 5.31. The van der Waals surface area contributed by atoms with E-state index in [1.165, 1.54) is 23.1 Å². The lowest BCUT2D eigenvalue weighted by Crippen LogP contribution is -2.00. The maximum absolute atomic E-state index is 10.8. The highest BCUT2D eigenvalue weighted by atomic mass is 32.2. The maximum atomic E-state index is 10.8. The molecule has 4 aromatic rings. The highest BCUT2D eigenvalue weighted by Gasteiger charge is 2.14. The van der Waals surface area contributed by atoms with Crippen LogP contribution in [0, 0.1) is 0 Å². The van der Waals surface area contributed by atoms with Gasteiger partial charge in [0, 0.05) is 5.38 Å². The predicted molar refractivity (Wildman–Crippen MR) is 103 cm³/mol. The van der Waals surface area contributed by atoms with Crippen LogP contribution in [-0.2, 0) is 11.2 Å². The number of thiazole rings is 1. The first-order chi connectivity index (χ1) is 13.7. The molecule has 0 amide bonds. The molecule has 0 unspecified atom stereocenters. The minimum Gasteiger partial charge on any atom is -0.481 e. The Balaban J connectivity index is 1.49. The second kappa shape index (κ2) is 8.19. The summed E-state index contributed by atoms with van der Waals surface area (Å²) < 4.78 is 8.06. The molecule has 140 valence electrons. The molecule has 28 heavy (non-hydrogen) atoms. The quantitative estimate of drug-likeness (QED) is 0.491. The molecule has 0 aliphatic heterocycles. The molecular formula is C18H13N5O3S2. The van der Waals surface area contributed by atoms with Gasteiger partial charge in [-0.2, -0.15) is 4.68 Å². The van der Waals surface area contributed by atoms with Crippen LogP contribution in [0.4, 0.5) is 0 Å². The van der Waals surface area contributed by atoms with Crippen molar-refractivity contribution in [2.75, 3.05) is 0 Å². The van der Waals surface area contributed by atoms with Crippen molar-refractivity contribution in [1.82, 2.24) is 25.2 Å². The molecule has 0 saturated carbocycles. The van der Waals surface area contributed by atoms with Gasteiger partial charge in [0.15, 0.2) is 4.34 Å². The summed E-state index contributed by atoms with van der Waals surface area (Å²) in [7, 11) is 0. The van der Waals surface area contributed by atoms with Crippen molar-refractivity contribution in [2.45, 2.75) is 15.9 Å². The van der Waals surface area contributed by atoms with Crippen LogP contribution in [0.5, 0.6) is 11.5 Å². The van der Waals surface area contributed by atoms with Gasteiger partial charge in [-0.1, -0.05) is 18.2 Å². The standard InChI is InChI=1S/C18H13N5O3S2/c24-16(25)10-12-11-27-18(19-12)28-17-20-21-22-23(17)13-6-8-15(9-7-13)26-14-4-2-1-3-5-14/h1-9,11H,10H2,(H,24,25). The van der Waals surface area contributed by atoms with Gasteiger partial charge in [-0.3, -0.25) is 4.79 Å². The number of rotatable bonds is 7. The van der Waals surface area contributed by atoms with Gasteiger partial charge in [0.2, 0.25) is 5.16 Å². The minimum atomic E-state index is -0.913. The lowest BCUT2D eigenvalue weighted by molar-refractivity contribution is -0.136. The highest BCUT2D eigenvalue weighted by molar-refractivity contribution is 8.00. The van der Waals surface area contributed by atoms with Crippen molar-refractivity contribution in [3.8, 4) is 17.2 Å². The molecule has 2 heterocycles. The first-order valence-corrected chi connectivity index (χ1v) is 9.83. The van der Waals surface area contributed by atoms with Crippen molar-refractivity contribution >= 4 is 29.1 Å². The molecule has 1 N–H and O–H groups in total. The summed E-state index contributed by atoms with van der Waals surface area (Å²) in [6.07, 6.45) is -0.106. The zero-order valence-corrected chi connectivity index (χ0v) is 15.9. The van der Waals surface area contributed by atoms with Gasteiger partial charge < -0.3 is 9.84 Å². The number of aromatic nitrogens is 5. The van der Waals surface area contributed by atoms with Gasteiger partial charge in [0.1, 0.15) is 11.5 Å². The molecule has 0 atom stereocenters. The van der Waals surface area contributed by atoms with Gasteiger partial charge in [0.05, 0.1) is 17.8 Å². The molecular weight excluding hydrogens is 398 g/mol. The molecule has 0 aliphatic rings. The van der Waals surface area contributed by atoms with Crippen molar-refractivity contribution in [3.63, 3.8) is 0 Å². The lowest BCUT2D eigenvalue weighted by Gasteiger charge is -2.07. The number of benzene rings is 2. The number of carboxylic acids is 1. The third kappa shape index (κ3) is 4.35. The van der Waals surface area contributed by atoms with Crippen molar-refractivity contribution in [2.24, 2.45) is 0 Å². The summed E-state index contributed by atoms with van der Waals surface area (Å²) in [6, 6.07) is 16.9. The topological polar surface area (TPSA) is 103 Å². The second-order valence-corrected chi connectivity index (χ2v) is 7.63. The summed E-state index contributed by atoms with van der Waals surface area (Å²) in [5.74, 6) is 0.551. The fourth-order valence-corrected chi connectivity index (χ4v) is 4.06. The number of tetrazole rings is 1. The average Bonchev–Trinajstić information content (AvgIpc) is 3.33. The van der Waals surface area contributed by atoms with E-state index in [4.69, 9.17) is 9.84 Å². The Morgan fingerprint density at radius 1 is 1.11 bits per heavy atom. The van der Waals surface area contributed by atoms with Gasteiger partial charge in [0.25, 0.3) is 0 Å². The SMILES string of the molecule is O=C(O)Cc1csc(Sc2nnnn2-c2ccc(Oc3ccccc3)cc2)n1. The van der Waals surface area contributed by atoms with E-state index in [1.54, 1.807) is 10.1 Å². The first kappa shape index (κ1) is 18.1. The number of carbonyl (C=O) groups is 1. The molecule has 10 heteroatoms. The molecule has 2 aromatic heterocycles. The van der Waals surface area contributed by atoms with Gasteiger partial charge in [-0.05, 0) is 58.6 Å². The van der Waals surface area contributed by atoms with Crippen molar-refractivity contribution < 1.29 is 14.6 Å². The minimum absolute atomic E-state index is 0.106. The van der Waals surface area contributed by atoms with E-state index in [2.05, 4.69) is 20.5 Å². The van der Waals surface area contributed by atoms with E-state index in [9.17, 15) is 4.79 Å². The number of hydrogen-bond donors (Lipinski definition) is 1. The zero-order valence-electron chi connectivity index (χ0n) is 14.3. The highest BCUT2D eigenvalue weighted by Crippen LogP contribution is 2.30. The molecule has 0 aliphatic carbocycles. The van der Waals surface area contributed by atoms with E-state index in [-0.39, 0.29) is 6.42 Å². The number of ether oxygens (including phenoxy) is 1. The summed E-state index contributed by atoms with van der Waals surface area (Å²) in [5.41, 5.74) is 1.29. The van der Waals surface area contributed by atoms with E-state index in [0.717, 1.165) is 11.4 Å². The van der Waals surface area contributed by atoms with Crippen LogP contribution in [0.1, 0.15) is 5.69 Å². The Morgan fingerprint density at radius 3 is 2.61 bits per heavy atom. The Bertz CT molecular complexity index is 1080. The molecule has 0 spiro atoms. The Morgan fingerprint density at radius 2 is 1.86 bits per heavy atom. The molecule has 0 radical (unpaired) electrons. The maximum Gasteiger partial charge on any atom is 0.309 e. The largest absolute Gasteiger partial charge is 0.481 e. The van der Waals surface area contributed by atoms with E-state index >= 15 is 0 Å². The average molecular weight is 411 g/mol. The number of nitrogens with zero attached hydrogens (tertiary/aromatic N) is 5. The van der Waals surface area contributed by atoms with E-state index in [1.807, 2.05) is 54.6 Å². The predicted octanol–water partition coefficient (Wildman–Crippen LogP) is 3.69. The third-order valence-corrected chi connectivity index (χ3v) is 5.47. The number of hydrogen-bond acceptors (Lipinski definition) is 8. The van der Waals surface area contributed by atoms with Crippen molar-refractivity contribution in [1.29, 1.82) is 0 Å². The van der Waals surface area contributed by atoms with Crippen LogP contribution in [-0.4, -0.2) is 36.3 Å². The van der Waals surface area contributed by atoms with Gasteiger partial charge >= 0.3 is 5.97 Å². The molecule has 4 rings (SSSR count). The summed E-state index contributed by atoms with van der Waals surface area (Å²) in [5, 5.41) is 22.9. The second-order valence-electron chi connectivity index (χ2n) is 5.56. The van der Waals surface area contributed by atoms with Gasteiger partial charge in [-0.15, -0.1) is 16.4 Å². The smallest absolute Gasteiger partial charge is 0.309 e. The summed E-state index contributed by atoms with van der Waals surface area (Å²) >= 11 is 2.64. The lowest BCUT2D eigenvalue weighted by atomic mass is 10.3. The monoisotopic (exact) mass is 411 g/mol. The molecule has 2 aromatic carbocycles. The van der Waals surface area contributed by atoms with Crippen LogP contribution < -0.4 is 4.74 Å². The molecule has 0 fully saturated rings. The fourth-order valence-electron chi connectivity index (χ4n) is 2.33.